The maximum Gasteiger partial charge on any atom is 0.187 e. The lowest BCUT2D eigenvalue weighted by atomic mass is 9.96. The van der Waals surface area contributed by atoms with Crippen molar-refractivity contribution < 1.29 is 109 Å². The first-order valence-electron chi connectivity index (χ1n) is 19.6. The van der Waals surface area contributed by atoms with E-state index in [0.29, 0.717) is 0 Å². The largest absolute Gasteiger partial charge is 0.394 e. The minimum absolute atomic E-state index is 0.0380. The van der Waals surface area contributed by atoms with Gasteiger partial charge in [0.15, 0.2) is 25.2 Å². The van der Waals surface area contributed by atoms with E-state index < -0.39 is 149 Å². The lowest BCUT2D eigenvalue weighted by Gasteiger charge is -2.46. The topological polar surface area (TPSA) is 357 Å². The number of hydrogen-bond acceptors (Lipinski definition) is 22. The van der Waals surface area contributed by atoms with Crippen molar-refractivity contribution in [1.82, 2.24) is 0 Å². The standard InChI is InChI=1S/C38H56O22/c39-11-18-23(43)25(45)29(49)37(55-18)59-33-20(13-41)57-35(31(51)27(33)47)53-9-7-16-5-1-3-15-4-2-6-17(22(15)16)8-10-54-36-32(52)28(48)34(21(14-42)58-36)60-38-30(50)26(46)24(44)19(12-40)56-38/h1-6,18-21,23-52H,7-14H2/t18-,19-,20-,21-,23-,24-,25+,26+,27-,28-,29-,30-,31-,32-,33-,34-,35-,36-,37+,38+/m1/s1. The van der Waals surface area contributed by atoms with Gasteiger partial charge in [-0.05, 0) is 34.7 Å². The lowest BCUT2D eigenvalue weighted by Crippen LogP contribution is -2.64. The van der Waals surface area contributed by atoms with E-state index in [1.54, 1.807) is 0 Å². The van der Waals surface area contributed by atoms with Crippen LogP contribution in [0.3, 0.4) is 0 Å². The smallest absolute Gasteiger partial charge is 0.187 e. The van der Waals surface area contributed by atoms with Crippen molar-refractivity contribution in [3.05, 3.63) is 47.5 Å². The van der Waals surface area contributed by atoms with E-state index in [9.17, 15) is 71.5 Å². The van der Waals surface area contributed by atoms with E-state index in [4.69, 9.17) is 37.9 Å². The molecule has 0 aliphatic carbocycles. The van der Waals surface area contributed by atoms with Crippen LogP contribution in [0.15, 0.2) is 36.4 Å². The first-order chi connectivity index (χ1) is 28.7. The van der Waals surface area contributed by atoms with Gasteiger partial charge in [-0.1, -0.05) is 36.4 Å². The van der Waals surface area contributed by atoms with Gasteiger partial charge in [0.1, 0.15) is 97.7 Å². The van der Waals surface area contributed by atoms with Gasteiger partial charge in [0, 0.05) is 0 Å². The number of benzene rings is 2. The molecule has 0 unspecified atom stereocenters. The van der Waals surface area contributed by atoms with Crippen LogP contribution < -0.4 is 0 Å². The maximum absolute atomic E-state index is 11.0. The summed E-state index contributed by atoms with van der Waals surface area (Å²) in [5.74, 6) is 0. The van der Waals surface area contributed by atoms with E-state index in [2.05, 4.69) is 0 Å². The zero-order valence-electron chi connectivity index (χ0n) is 32.2. The quantitative estimate of drug-likeness (QED) is 0.0746. The summed E-state index contributed by atoms with van der Waals surface area (Å²) >= 11 is 0. The normalized spacial score (nSPS) is 42.7. The highest BCUT2D eigenvalue weighted by Gasteiger charge is 2.52. The summed E-state index contributed by atoms with van der Waals surface area (Å²) in [5.41, 5.74) is 1.63. The van der Waals surface area contributed by atoms with Crippen LogP contribution in [-0.2, 0) is 50.7 Å². The molecule has 0 spiro atoms. The Morgan fingerprint density at radius 2 is 0.750 bits per heavy atom. The second-order valence-electron chi connectivity index (χ2n) is 15.2. The lowest BCUT2D eigenvalue weighted by molar-refractivity contribution is -0.359. The molecule has 0 radical (unpaired) electrons. The summed E-state index contributed by atoms with van der Waals surface area (Å²) in [6, 6.07) is 11.2. The highest BCUT2D eigenvalue weighted by atomic mass is 16.8. The molecule has 4 aliphatic rings. The summed E-state index contributed by atoms with van der Waals surface area (Å²) in [4.78, 5) is 0. The third-order valence-corrected chi connectivity index (χ3v) is 11.3. The van der Waals surface area contributed by atoms with Crippen molar-refractivity contribution in [2.75, 3.05) is 39.6 Å². The number of aliphatic hydroxyl groups excluding tert-OH is 14. The van der Waals surface area contributed by atoms with Gasteiger partial charge in [0.05, 0.1) is 39.6 Å². The van der Waals surface area contributed by atoms with Gasteiger partial charge in [0.2, 0.25) is 0 Å². The SMILES string of the molecule is OC[C@H]1O[C@@H](O[C@H]2[C@H](O)[C@@H](O)[C@H](OCCc3cccc4cccc(CCO[C@@H]5O[C@H](CO)[C@@H](O[C@@H]6O[C@H](CO)[C@@H](O)[C@H](O)[C@H]6O)[C@H](O)[C@H]5O)c34)O[C@@H]2CO)[C@H](O)[C@@H](O)[C@@H]1O. The molecular formula is C38H56O22. The Morgan fingerprint density at radius 3 is 1.12 bits per heavy atom. The molecule has 340 valence electrons. The number of hydrogen-bond donors (Lipinski definition) is 14. The number of aliphatic hydroxyl groups is 14. The fraction of sp³-hybridized carbons (Fsp3) is 0.737. The van der Waals surface area contributed by atoms with Crippen LogP contribution in [0, 0.1) is 0 Å². The van der Waals surface area contributed by atoms with Crippen molar-refractivity contribution in [2.24, 2.45) is 0 Å². The molecule has 14 N–H and O–H groups in total. The average molecular weight is 865 g/mol. The highest BCUT2D eigenvalue weighted by Crippen LogP contribution is 2.32. The van der Waals surface area contributed by atoms with E-state index >= 15 is 0 Å². The van der Waals surface area contributed by atoms with Crippen LogP contribution in [0.1, 0.15) is 11.1 Å². The van der Waals surface area contributed by atoms with Gasteiger partial charge < -0.3 is 109 Å². The zero-order chi connectivity index (χ0) is 43.4. The van der Waals surface area contributed by atoms with Gasteiger partial charge >= 0.3 is 0 Å². The number of rotatable bonds is 16. The van der Waals surface area contributed by atoms with Gasteiger partial charge in [0.25, 0.3) is 0 Å². The summed E-state index contributed by atoms with van der Waals surface area (Å²) in [5, 5.41) is 146. The van der Waals surface area contributed by atoms with Gasteiger partial charge in [-0.3, -0.25) is 0 Å². The third-order valence-electron chi connectivity index (χ3n) is 11.3. The van der Waals surface area contributed by atoms with Crippen molar-refractivity contribution >= 4 is 10.8 Å². The Balaban J connectivity index is 1.04. The monoisotopic (exact) mass is 864 g/mol. The van der Waals surface area contributed by atoms with Crippen LogP contribution in [0.25, 0.3) is 10.8 Å². The van der Waals surface area contributed by atoms with Crippen LogP contribution in [0.5, 0.6) is 0 Å². The summed E-state index contributed by atoms with van der Waals surface area (Å²) in [7, 11) is 0. The second kappa shape index (κ2) is 21.0. The molecule has 2 aromatic rings. The highest BCUT2D eigenvalue weighted by molar-refractivity contribution is 5.89. The van der Waals surface area contributed by atoms with Gasteiger partial charge in [-0.2, -0.15) is 0 Å². The fourth-order valence-corrected chi connectivity index (χ4v) is 7.87. The Morgan fingerprint density at radius 1 is 0.400 bits per heavy atom. The van der Waals surface area contributed by atoms with Crippen LogP contribution >= 0.6 is 0 Å². The van der Waals surface area contributed by atoms with E-state index in [1.165, 1.54) is 0 Å². The molecule has 0 bridgehead atoms. The van der Waals surface area contributed by atoms with E-state index in [0.717, 1.165) is 21.9 Å². The first kappa shape index (κ1) is 47.3. The molecule has 60 heavy (non-hydrogen) atoms. The Labute approximate surface area is 342 Å². The summed E-state index contributed by atoms with van der Waals surface area (Å²) in [6.45, 7) is -2.97. The van der Waals surface area contributed by atoms with E-state index in [1.807, 2.05) is 36.4 Å². The number of fused-ring (bicyclic) bond motifs is 1. The zero-order valence-corrected chi connectivity index (χ0v) is 32.2. The molecule has 22 heteroatoms. The summed E-state index contributed by atoms with van der Waals surface area (Å²) in [6.07, 6.45) is -31.2. The van der Waals surface area contributed by atoms with Crippen LogP contribution in [0.2, 0.25) is 0 Å². The molecule has 0 aromatic heterocycles. The maximum atomic E-state index is 11.0. The van der Waals surface area contributed by atoms with Crippen molar-refractivity contribution in [1.29, 1.82) is 0 Å². The van der Waals surface area contributed by atoms with Gasteiger partial charge in [-0.25, -0.2) is 0 Å². The number of ether oxygens (including phenoxy) is 8. The molecule has 2 aromatic carbocycles. The molecule has 4 aliphatic heterocycles. The summed E-state index contributed by atoms with van der Waals surface area (Å²) < 4.78 is 45.0. The Hall–Kier alpha value is -2.18. The first-order valence-corrected chi connectivity index (χ1v) is 19.6. The molecule has 0 amide bonds. The van der Waals surface area contributed by atoms with Crippen molar-refractivity contribution in [3.63, 3.8) is 0 Å². The Bertz CT molecular complexity index is 1520. The predicted molar refractivity (Wildman–Crippen MR) is 196 cm³/mol. The van der Waals surface area contributed by atoms with Crippen molar-refractivity contribution in [2.45, 2.75) is 136 Å². The third kappa shape index (κ3) is 9.95. The van der Waals surface area contributed by atoms with Gasteiger partial charge in [-0.15, -0.1) is 0 Å². The van der Waals surface area contributed by atoms with E-state index in [-0.39, 0.29) is 26.1 Å². The predicted octanol–water partition coefficient (Wildman–Crippen LogP) is -6.79. The molecule has 0 saturated carbocycles. The molecule has 22 nitrogen and oxygen atoms in total. The molecule has 4 saturated heterocycles. The second-order valence-corrected chi connectivity index (χ2v) is 15.2. The molecule has 4 heterocycles. The Kier molecular flexibility index (Phi) is 16.6. The van der Waals surface area contributed by atoms with Crippen LogP contribution in [0.4, 0.5) is 0 Å². The molecule has 4 fully saturated rings. The van der Waals surface area contributed by atoms with Crippen molar-refractivity contribution in [3.8, 4) is 0 Å². The molecular weight excluding hydrogens is 808 g/mol. The molecule has 6 rings (SSSR count). The molecule has 20 atom stereocenters. The minimum atomic E-state index is -1.81. The van der Waals surface area contributed by atoms with Crippen LogP contribution in [-0.4, -0.2) is 234 Å². The fourth-order valence-electron chi connectivity index (χ4n) is 7.87. The average Bonchev–Trinajstić information content (AvgIpc) is 3.25. The minimum Gasteiger partial charge on any atom is -0.394 e.